The largest absolute Gasteiger partial charge is 0.378 e. The van der Waals surface area contributed by atoms with E-state index in [0.29, 0.717) is 12.1 Å². The summed E-state index contributed by atoms with van der Waals surface area (Å²) in [7, 11) is 0. The van der Waals surface area contributed by atoms with Crippen LogP contribution in [0, 0.1) is 0 Å². The van der Waals surface area contributed by atoms with Gasteiger partial charge < -0.3 is 14.6 Å². The van der Waals surface area contributed by atoms with Crippen LogP contribution < -0.4 is 5.32 Å². The zero-order valence-corrected chi connectivity index (χ0v) is 11.7. The van der Waals surface area contributed by atoms with Crippen molar-refractivity contribution in [2.75, 3.05) is 13.2 Å². The van der Waals surface area contributed by atoms with Crippen LogP contribution in [0.3, 0.4) is 0 Å². The van der Waals surface area contributed by atoms with E-state index in [9.17, 15) is 0 Å². The molecule has 3 heteroatoms. The summed E-state index contributed by atoms with van der Waals surface area (Å²) in [5.74, 6) is 0. The number of nitrogens with one attached hydrogen (secondary N) is 1. The standard InChI is InChI=1S/C15H26N2O/c1-3-16-13(2)15-9-5-11-17(15)10-4-7-14-8-6-12-18-14/h5,9,11,13-14,16H,3-4,6-8,10,12H2,1-2H3. The van der Waals surface area contributed by atoms with Crippen LogP contribution in [0.1, 0.15) is 51.3 Å². The fraction of sp³-hybridized carbons (Fsp3) is 0.733. The summed E-state index contributed by atoms with van der Waals surface area (Å²) in [5.41, 5.74) is 1.39. The zero-order chi connectivity index (χ0) is 12.8. The highest BCUT2D eigenvalue weighted by atomic mass is 16.5. The molecular weight excluding hydrogens is 224 g/mol. The van der Waals surface area contributed by atoms with Crippen LogP contribution in [-0.2, 0) is 11.3 Å². The Morgan fingerprint density at radius 3 is 3.17 bits per heavy atom. The topological polar surface area (TPSA) is 26.2 Å². The minimum absolute atomic E-state index is 0.438. The van der Waals surface area contributed by atoms with Crippen LogP contribution in [0.15, 0.2) is 18.3 Å². The fourth-order valence-corrected chi connectivity index (χ4v) is 2.80. The van der Waals surface area contributed by atoms with E-state index in [-0.39, 0.29) is 0 Å². The Hall–Kier alpha value is -0.800. The van der Waals surface area contributed by atoms with Crippen molar-refractivity contribution in [1.82, 2.24) is 9.88 Å². The second kappa shape index (κ2) is 6.95. The maximum Gasteiger partial charge on any atom is 0.0576 e. The average Bonchev–Trinajstić information content (AvgIpc) is 3.00. The van der Waals surface area contributed by atoms with Crippen LogP contribution in [0.2, 0.25) is 0 Å². The average molecular weight is 250 g/mol. The lowest BCUT2D eigenvalue weighted by molar-refractivity contribution is 0.101. The van der Waals surface area contributed by atoms with Crippen molar-refractivity contribution in [2.24, 2.45) is 0 Å². The lowest BCUT2D eigenvalue weighted by Crippen LogP contribution is -2.20. The van der Waals surface area contributed by atoms with Crippen LogP contribution in [0.4, 0.5) is 0 Å². The molecule has 1 aromatic rings. The highest BCUT2D eigenvalue weighted by molar-refractivity contribution is 5.11. The number of hydrogen-bond donors (Lipinski definition) is 1. The van der Waals surface area contributed by atoms with Gasteiger partial charge in [0, 0.05) is 31.1 Å². The Labute approximate surface area is 111 Å². The smallest absolute Gasteiger partial charge is 0.0576 e. The van der Waals surface area contributed by atoms with Crippen molar-refractivity contribution < 1.29 is 4.74 Å². The van der Waals surface area contributed by atoms with E-state index >= 15 is 0 Å². The molecule has 0 bridgehead atoms. The van der Waals surface area contributed by atoms with Gasteiger partial charge in [-0.25, -0.2) is 0 Å². The molecule has 1 saturated heterocycles. The first-order valence-electron chi connectivity index (χ1n) is 7.31. The Balaban J connectivity index is 1.79. The molecule has 0 aliphatic carbocycles. The summed E-state index contributed by atoms with van der Waals surface area (Å²) >= 11 is 0. The molecule has 102 valence electrons. The van der Waals surface area contributed by atoms with Crippen molar-refractivity contribution >= 4 is 0 Å². The van der Waals surface area contributed by atoms with E-state index < -0.39 is 0 Å². The second-order valence-electron chi connectivity index (χ2n) is 5.18. The highest BCUT2D eigenvalue weighted by Crippen LogP contribution is 2.19. The quantitative estimate of drug-likeness (QED) is 0.804. The van der Waals surface area contributed by atoms with E-state index in [0.717, 1.165) is 19.7 Å². The predicted molar refractivity (Wildman–Crippen MR) is 74.7 cm³/mol. The lowest BCUT2D eigenvalue weighted by Gasteiger charge is -2.17. The SMILES string of the molecule is CCNC(C)c1cccn1CCCC1CCCO1. The molecule has 0 amide bonds. The molecule has 0 spiro atoms. The molecule has 2 unspecified atom stereocenters. The number of rotatable bonds is 7. The Bertz CT molecular complexity index is 342. The van der Waals surface area contributed by atoms with Crippen LogP contribution in [-0.4, -0.2) is 23.8 Å². The van der Waals surface area contributed by atoms with Gasteiger partial charge in [0.25, 0.3) is 0 Å². The first-order chi connectivity index (χ1) is 8.81. The van der Waals surface area contributed by atoms with Crippen LogP contribution >= 0.6 is 0 Å². The Kier molecular flexibility index (Phi) is 5.26. The second-order valence-corrected chi connectivity index (χ2v) is 5.18. The Morgan fingerprint density at radius 2 is 2.44 bits per heavy atom. The predicted octanol–water partition coefficient (Wildman–Crippen LogP) is 3.12. The van der Waals surface area contributed by atoms with Gasteiger partial charge in [-0.2, -0.15) is 0 Å². The third kappa shape index (κ3) is 3.59. The third-order valence-electron chi connectivity index (χ3n) is 3.77. The van der Waals surface area contributed by atoms with Gasteiger partial charge >= 0.3 is 0 Å². The number of aryl methyl sites for hydroxylation is 1. The van der Waals surface area contributed by atoms with Crippen molar-refractivity contribution in [3.63, 3.8) is 0 Å². The molecule has 0 saturated carbocycles. The van der Waals surface area contributed by atoms with Gasteiger partial charge in [-0.05, 0) is 51.3 Å². The third-order valence-corrected chi connectivity index (χ3v) is 3.77. The molecule has 1 N–H and O–H groups in total. The van der Waals surface area contributed by atoms with Gasteiger partial charge in [0.05, 0.1) is 6.10 Å². The number of ether oxygens (including phenoxy) is 1. The molecule has 0 radical (unpaired) electrons. The van der Waals surface area contributed by atoms with Gasteiger partial charge in [0.1, 0.15) is 0 Å². The first-order valence-corrected chi connectivity index (χ1v) is 7.31. The maximum atomic E-state index is 5.67. The molecule has 18 heavy (non-hydrogen) atoms. The van der Waals surface area contributed by atoms with E-state index in [2.05, 4.69) is 42.1 Å². The van der Waals surface area contributed by atoms with Crippen molar-refractivity contribution in [1.29, 1.82) is 0 Å². The van der Waals surface area contributed by atoms with Crippen molar-refractivity contribution in [3.05, 3.63) is 24.0 Å². The van der Waals surface area contributed by atoms with Crippen LogP contribution in [0.25, 0.3) is 0 Å². The number of nitrogens with zero attached hydrogens (tertiary/aromatic N) is 1. The lowest BCUT2D eigenvalue weighted by atomic mass is 10.1. The van der Waals surface area contributed by atoms with Gasteiger partial charge in [-0.1, -0.05) is 6.92 Å². The molecule has 1 aliphatic rings. The Morgan fingerprint density at radius 1 is 1.56 bits per heavy atom. The molecular formula is C15H26N2O. The minimum atomic E-state index is 0.438. The summed E-state index contributed by atoms with van der Waals surface area (Å²) < 4.78 is 8.04. The minimum Gasteiger partial charge on any atom is -0.378 e. The molecule has 2 heterocycles. The molecule has 1 fully saturated rings. The maximum absolute atomic E-state index is 5.67. The van der Waals surface area contributed by atoms with E-state index in [1.807, 2.05) is 0 Å². The van der Waals surface area contributed by atoms with Gasteiger partial charge in [-0.15, -0.1) is 0 Å². The fourth-order valence-electron chi connectivity index (χ4n) is 2.80. The zero-order valence-electron chi connectivity index (χ0n) is 11.7. The monoisotopic (exact) mass is 250 g/mol. The highest BCUT2D eigenvalue weighted by Gasteiger charge is 2.15. The normalized spacial score (nSPS) is 21.3. The van der Waals surface area contributed by atoms with Crippen molar-refractivity contribution in [2.45, 2.75) is 58.2 Å². The summed E-state index contributed by atoms with van der Waals surface area (Å²) in [4.78, 5) is 0. The van der Waals surface area contributed by atoms with E-state index in [4.69, 9.17) is 4.74 Å². The molecule has 2 atom stereocenters. The van der Waals surface area contributed by atoms with Gasteiger partial charge in [-0.3, -0.25) is 0 Å². The summed E-state index contributed by atoms with van der Waals surface area (Å²) in [6.07, 6.45) is 7.63. The number of aromatic nitrogens is 1. The molecule has 1 aromatic heterocycles. The summed E-state index contributed by atoms with van der Waals surface area (Å²) in [5, 5.41) is 3.47. The number of hydrogen-bond acceptors (Lipinski definition) is 2. The molecule has 1 aliphatic heterocycles. The van der Waals surface area contributed by atoms with E-state index in [1.165, 1.54) is 31.4 Å². The summed E-state index contributed by atoms with van der Waals surface area (Å²) in [6, 6.07) is 4.81. The molecule has 0 aromatic carbocycles. The van der Waals surface area contributed by atoms with Crippen molar-refractivity contribution in [3.8, 4) is 0 Å². The van der Waals surface area contributed by atoms with Gasteiger partial charge in [0.15, 0.2) is 0 Å². The molecule has 3 nitrogen and oxygen atoms in total. The van der Waals surface area contributed by atoms with E-state index in [1.54, 1.807) is 0 Å². The van der Waals surface area contributed by atoms with Crippen LogP contribution in [0.5, 0.6) is 0 Å². The summed E-state index contributed by atoms with van der Waals surface area (Å²) in [6.45, 7) is 7.48. The first kappa shape index (κ1) is 13.6. The van der Waals surface area contributed by atoms with Gasteiger partial charge in [0.2, 0.25) is 0 Å². The molecule has 2 rings (SSSR count).